The van der Waals surface area contributed by atoms with Crippen molar-refractivity contribution in [2.24, 2.45) is 0 Å². The van der Waals surface area contributed by atoms with Gasteiger partial charge in [0.2, 0.25) is 0 Å². The normalized spacial score (nSPS) is 9.64. The molecule has 1 nitrogen and oxygen atoms in total. The summed E-state index contributed by atoms with van der Waals surface area (Å²) < 4.78 is 0. The summed E-state index contributed by atoms with van der Waals surface area (Å²) in [4.78, 5) is 11.6. The van der Waals surface area contributed by atoms with Crippen LogP contribution in [0.1, 0.15) is 15.9 Å². The molecular weight excluding hydrogens is 156 g/mol. The van der Waals surface area contributed by atoms with E-state index in [4.69, 9.17) is 0 Å². The first-order chi connectivity index (χ1) is 5.27. The van der Waals surface area contributed by atoms with Crippen LogP contribution in [0, 0.1) is 6.92 Å². The van der Waals surface area contributed by atoms with E-state index in [-0.39, 0.29) is 0 Å². The van der Waals surface area contributed by atoms with Gasteiger partial charge >= 0.3 is 0 Å². The van der Waals surface area contributed by atoms with Crippen LogP contribution in [0.15, 0.2) is 23.1 Å². The Morgan fingerprint density at radius 2 is 2.18 bits per heavy atom. The van der Waals surface area contributed by atoms with Crippen LogP contribution in [0.25, 0.3) is 0 Å². The van der Waals surface area contributed by atoms with E-state index in [0.29, 0.717) is 0 Å². The Hall–Kier alpha value is -0.760. The van der Waals surface area contributed by atoms with Crippen molar-refractivity contribution in [3.8, 4) is 0 Å². The summed E-state index contributed by atoms with van der Waals surface area (Å²) in [5, 5.41) is 0. The Balaban J connectivity index is 3.12. The zero-order valence-corrected chi connectivity index (χ0v) is 7.44. The predicted molar refractivity (Wildman–Crippen MR) is 48.3 cm³/mol. The second-order valence-corrected chi connectivity index (χ2v) is 3.19. The van der Waals surface area contributed by atoms with E-state index in [1.165, 1.54) is 10.5 Å². The quantitative estimate of drug-likeness (QED) is 0.496. The molecule has 0 aliphatic carbocycles. The van der Waals surface area contributed by atoms with Gasteiger partial charge in [-0.15, -0.1) is 11.8 Å². The number of thioether (sulfide) groups is 1. The highest BCUT2D eigenvalue weighted by molar-refractivity contribution is 7.98. The third kappa shape index (κ3) is 1.84. The topological polar surface area (TPSA) is 17.1 Å². The summed E-state index contributed by atoms with van der Waals surface area (Å²) in [6, 6.07) is 5.71. The smallest absolute Gasteiger partial charge is 0.150 e. The molecule has 1 aromatic carbocycles. The molecule has 0 spiro atoms. The molecule has 11 heavy (non-hydrogen) atoms. The van der Waals surface area contributed by atoms with Crippen LogP contribution in [-0.2, 0) is 0 Å². The average Bonchev–Trinajstić information content (AvgIpc) is 2.05. The van der Waals surface area contributed by atoms with Gasteiger partial charge in [0.1, 0.15) is 6.29 Å². The molecule has 1 rings (SSSR count). The number of aryl methyl sites for hydroxylation is 1. The van der Waals surface area contributed by atoms with E-state index < -0.39 is 0 Å². The van der Waals surface area contributed by atoms with E-state index in [9.17, 15) is 4.79 Å². The Bertz CT molecular complexity index is 268. The summed E-state index contributed by atoms with van der Waals surface area (Å²) in [5.41, 5.74) is 1.98. The van der Waals surface area contributed by atoms with Gasteiger partial charge in [-0.05, 0) is 24.8 Å². The highest BCUT2D eigenvalue weighted by Crippen LogP contribution is 2.20. The van der Waals surface area contributed by atoms with Gasteiger partial charge in [-0.1, -0.05) is 12.1 Å². The predicted octanol–water partition coefficient (Wildman–Crippen LogP) is 2.53. The van der Waals surface area contributed by atoms with Crippen LogP contribution >= 0.6 is 11.8 Å². The van der Waals surface area contributed by atoms with Gasteiger partial charge in [0.05, 0.1) is 0 Å². The second kappa shape index (κ2) is 3.58. The van der Waals surface area contributed by atoms with Crippen LogP contribution in [0.4, 0.5) is 0 Å². The average molecular weight is 166 g/mol. The summed E-state index contributed by atoms with van der Waals surface area (Å²) >= 11 is 1.67. The van der Waals surface area contributed by atoms with Crippen molar-refractivity contribution >= 4 is 18.0 Å². The summed E-state index contributed by atoms with van der Waals surface area (Å²) in [6.45, 7) is 2.04. The maximum atomic E-state index is 10.4. The van der Waals surface area contributed by atoms with E-state index in [1.54, 1.807) is 11.8 Å². The zero-order chi connectivity index (χ0) is 8.27. The highest BCUT2D eigenvalue weighted by atomic mass is 32.2. The third-order valence-electron chi connectivity index (χ3n) is 1.57. The Kier molecular flexibility index (Phi) is 2.71. The van der Waals surface area contributed by atoms with Gasteiger partial charge in [0.25, 0.3) is 0 Å². The monoisotopic (exact) mass is 166 g/mol. The van der Waals surface area contributed by atoms with Gasteiger partial charge in [0, 0.05) is 10.5 Å². The largest absolute Gasteiger partial charge is 0.298 e. The first-order valence-electron chi connectivity index (χ1n) is 3.37. The lowest BCUT2D eigenvalue weighted by molar-refractivity contribution is 0.112. The molecular formula is C9H10OS. The number of carbonyl (C=O) groups excluding carboxylic acids is 1. The van der Waals surface area contributed by atoms with Crippen LogP contribution in [-0.4, -0.2) is 12.5 Å². The summed E-state index contributed by atoms with van der Waals surface area (Å²) in [5.74, 6) is 0. The number of hydrogen-bond acceptors (Lipinski definition) is 2. The van der Waals surface area contributed by atoms with Crippen molar-refractivity contribution in [1.82, 2.24) is 0 Å². The van der Waals surface area contributed by atoms with Crippen molar-refractivity contribution < 1.29 is 4.79 Å². The minimum atomic E-state index is 0.750. The molecule has 0 fully saturated rings. The second-order valence-electron chi connectivity index (χ2n) is 2.35. The molecule has 2 heteroatoms. The molecule has 0 saturated carbocycles. The fourth-order valence-electron chi connectivity index (χ4n) is 0.910. The number of hydrogen-bond donors (Lipinski definition) is 0. The van der Waals surface area contributed by atoms with Gasteiger partial charge in [-0.3, -0.25) is 4.79 Å². The molecule has 0 heterocycles. The fourth-order valence-corrected chi connectivity index (χ4v) is 1.55. The van der Waals surface area contributed by atoms with E-state index in [0.717, 1.165) is 11.8 Å². The zero-order valence-electron chi connectivity index (χ0n) is 6.63. The van der Waals surface area contributed by atoms with Crippen molar-refractivity contribution in [1.29, 1.82) is 0 Å². The number of aldehydes is 1. The van der Waals surface area contributed by atoms with Gasteiger partial charge in [-0.2, -0.15) is 0 Å². The molecule has 1 aromatic rings. The van der Waals surface area contributed by atoms with Crippen LogP contribution < -0.4 is 0 Å². The van der Waals surface area contributed by atoms with Gasteiger partial charge in [0.15, 0.2) is 0 Å². The first kappa shape index (κ1) is 8.34. The minimum Gasteiger partial charge on any atom is -0.298 e. The van der Waals surface area contributed by atoms with Crippen LogP contribution in [0.5, 0.6) is 0 Å². The molecule has 0 unspecified atom stereocenters. The molecule has 0 N–H and O–H groups in total. The van der Waals surface area contributed by atoms with Gasteiger partial charge in [-0.25, -0.2) is 0 Å². The number of rotatable bonds is 2. The van der Waals surface area contributed by atoms with Crippen molar-refractivity contribution in [3.63, 3.8) is 0 Å². The van der Waals surface area contributed by atoms with Gasteiger partial charge < -0.3 is 0 Å². The Morgan fingerprint density at radius 3 is 2.73 bits per heavy atom. The van der Waals surface area contributed by atoms with Crippen molar-refractivity contribution in [2.75, 3.05) is 6.26 Å². The van der Waals surface area contributed by atoms with Crippen molar-refractivity contribution in [2.45, 2.75) is 11.8 Å². The lowest BCUT2D eigenvalue weighted by atomic mass is 10.2. The first-order valence-corrected chi connectivity index (χ1v) is 4.60. The lowest BCUT2D eigenvalue weighted by Crippen LogP contribution is -1.83. The molecule has 0 saturated heterocycles. The van der Waals surface area contributed by atoms with Crippen LogP contribution in [0.2, 0.25) is 0 Å². The number of benzene rings is 1. The highest BCUT2D eigenvalue weighted by Gasteiger charge is 1.96. The van der Waals surface area contributed by atoms with E-state index in [1.807, 2.05) is 31.4 Å². The third-order valence-corrected chi connectivity index (χ3v) is 2.45. The molecule has 0 radical (unpaired) electrons. The molecule has 0 bridgehead atoms. The molecule has 0 aliphatic rings. The molecule has 0 aromatic heterocycles. The molecule has 58 valence electrons. The SMILES string of the molecule is CSc1cc(C=O)ccc1C. The minimum absolute atomic E-state index is 0.750. The van der Waals surface area contributed by atoms with Crippen molar-refractivity contribution in [3.05, 3.63) is 29.3 Å². The Morgan fingerprint density at radius 1 is 1.45 bits per heavy atom. The maximum absolute atomic E-state index is 10.4. The Labute approximate surface area is 70.8 Å². The molecule has 0 atom stereocenters. The van der Waals surface area contributed by atoms with E-state index >= 15 is 0 Å². The molecule has 0 aliphatic heterocycles. The summed E-state index contributed by atoms with van der Waals surface area (Å²) in [7, 11) is 0. The molecule has 0 amide bonds. The fraction of sp³-hybridized carbons (Fsp3) is 0.222. The lowest BCUT2D eigenvalue weighted by Gasteiger charge is -2.01. The van der Waals surface area contributed by atoms with E-state index in [2.05, 4.69) is 0 Å². The number of carbonyl (C=O) groups is 1. The summed E-state index contributed by atoms with van der Waals surface area (Å²) in [6.07, 6.45) is 2.88. The van der Waals surface area contributed by atoms with Crippen LogP contribution in [0.3, 0.4) is 0 Å². The standard InChI is InChI=1S/C9H10OS/c1-7-3-4-8(6-10)5-9(7)11-2/h3-6H,1-2H3. The maximum Gasteiger partial charge on any atom is 0.150 e.